The molecule has 0 aliphatic heterocycles. The van der Waals surface area contributed by atoms with E-state index in [2.05, 4.69) is 5.48 Å². The van der Waals surface area contributed by atoms with Crippen molar-refractivity contribution in [3.8, 4) is 0 Å². The van der Waals surface area contributed by atoms with E-state index < -0.39 is 0 Å². The Hall–Kier alpha value is -0.910. The SMILES string of the molecule is COCCONC(=O)c1cc2c(s1)CCCCC2. The third-order valence-corrected chi connectivity index (χ3v) is 4.26. The molecular weight excluding hydrogens is 250 g/mol. The number of fused-ring (bicyclic) bond motifs is 1. The van der Waals surface area contributed by atoms with E-state index in [4.69, 9.17) is 9.57 Å². The molecule has 1 aliphatic carbocycles. The van der Waals surface area contributed by atoms with Gasteiger partial charge in [0.05, 0.1) is 18.1 Å². The van der Waals surface area contributed by atoms with E-state index in [0.29, 0.717) is 13.2 Å². The first kappa shape index (κ1) is 13.5. The summed E-state index contributed by atoms with van der Waals surface area (Å²) in [5, 5.41) is 0. The minimum Gasteiger partial charge on any atom is -0.382 e. The van der Waals surface area contributed by atoms with E-state index in [1.807, 2.05) is 6.07 Å². The Balaban J connectivity index is 1.90. The number of ether oxygens (including phenoxy) is 1. The van der Waals surface area contributed by atoms with Crippen LogP contribution in [0.1, 0.15) is 39.4 Å². The van der Waals surface area contributed by atoms with Gasteiger partial charge in [-0.3, -0.25) is 9.63 Å². The van der Waals surface area contributed by atoms with Crippen molar-refractivity contribution in [3.63, 3.8) is 0 Å². The summed E-state index contributed by atoms with van der Waals surface area (Å²) in [6.45, 7) is 0.842. The summed E-state index contributed by atoms with van der Waals surface area (Å²) in [6, 6.07) is 2.01. The topological polar surface area (TPSA) is 47.6 Å². The molecule has 1 aromatic rings. The minimum absolute atomic E-state index is 0.149. The van der Waals surface area contributed by atoms with Gasteiger partial charge in [0, 0.05) is 12.0 Å². The Labute approximate surface area is 111 Å². The van der Waals surface area contributed by atoms with Gasteiger partial charge in [-0.2, -0.15) is 0 Å². The number of thiophene rings is 1. The van der Waals surface area contributed by atoms with Crippen molar-refractivity contribution in [1.82, 2.24) is 5.48 Å². The van der Waals surface area contributed by atoms with E-state index >= 15 is 0 Å². The van der Waals surface area contributed by atoms with Crippen molar-refractivity contribution in [2.75, 3.05) is 20.3 Å². The van der Waals surface area contributed by atoms with Gasteiger partial charge in [0.2, 0.25) is 0 Å². The number of rotatable bonds is 5. The van der Waals surface area contributed by atoms with Gasteiger partial charge >= 0.3 is 0 Å². The first-order valence-electron chi connectivity index (χ1n) is 6.34. The summed E-state index contributed by atoms with van der Waals surface area (Å²) in [5.74, 6) is -0.149. The summed E-state index contributed by atoms with van der Waals surface area (Å²) in [7, 11) is 1.60. The molecule has 0 unspecified atom stereocenters. The van der Waals surface area contributed by atoms with E-state index in [0.717, 1.165) is 17.7 Å². The Morgan fingerprint density at radius 3 is 3.00 bits per heavy atom. The normalized spacial score (nSPS) is 14.9. The summed E-state index contributed by atoms with van der Waals surface area (Å²) < 4.78 is 4.84. The van der Waals surface area contributed by atoms with Gasteiger partial charge in [0.15, 0.2) is 0 Å². The molecule has 100 valence electrons. The Bertz CT molecular complexity index is 379. The largest absolute Gasteiger partial charge is 0.382 e. The summed E-state index contributed by atoms with van der Waals surface area (Å²) >= 11 is 1.60. The number of amides is 1. The lowest BCUT2D eigenvalue weighted by molar-refractivity contribution is 0.00914. The van der Waals surface area contributed by atoms with Crippen LogP contribution >= 0.6 is 11.3 Å². The van der Waals surface area contributed by atoms with Crippen LogP contribution in [-0.4, -0.2) is 26.2 Å². The summed E-state index contributed by atoms with van der Waals surface area (Å²) in [6.07, 6.45) is 5.97. The Morgan fingerprint density at radius 1 is 1.33 bits per heavy atom. The monoisotopic (exact) mass is 269 g/mol. The highest BCUT2D eigenvalue weighted by Gasteiger charge is 2.16. The van der Waals surface area contributed by atoms with Crippen LogP contribution in [-0.2, 0) is 22.4 Å². The lowest BCUT2D eigenvalue weighted by Gasteiger charge is -2.03. The van der Waals surface area contributed by atoms with Gasteiger partial charge in [0.25, 0.3) is 5.91 Å². The first-order chi connectivity index (χ1) is 8.81. The molecular formula is C13H19NO3S. The highest BCUT2D eigenvalue weighted by atomic mass is 32.1. The average Bonchev–Trinajstić information content (AvgIpc) is 2.66. The second-order valence-electron chi connectivity index (χ2n) is 4.39. The predicted octanol–water partition coefficient (Wildman–Crippen LogP) is 2.32. The summed E-state index contributed by atoms with van der Waals surface area (Å²) in [5.41, 5.74) is 3.80. The molecule has 5 heteroatoms. The second-order valence-corrected chi connectivity index (χ2v) is 5.53. The molecule has 1 aromatic heterocycles. The van der Waals surface area contributed by atoms with Crippen LogP contribution in [0, 0.1) is 0 Å². The number of carbonyl (C=O) groups is 1. The van der Waals surface area contributed by atoms with Crippen molar-refractivity contribution in [3.05, 3.63) is 21.4 Å². The maximum atomic E-state index is 11.8. The molecule has 0 spiro atoms. The highest BCUT2D eigenvalue weighted by molar-refractivity contribution is 7.14. The third-order valence-electron chi connectivity index (χ3n) is 3.02. The molecule has 1 amide bonds. The van der Waals surface area contributed by atoms with Crippen LogP contribution < -0.4 is 5.48 Å². The molecule has 0 saturated heterocycles. The number of nitrogens with one attached hydrogen (secondary N) is 1. The van der Waals surface area contributed by atoms with Crippen molar-refractivity contribution in [1.29, 1.82) is 0 Å². The van der Waals surface area contributed by atoms with Gasteiger partial charge in [-0.1, -0.05) is 6.42 Å². The van der Waals surface area contributed by atoms with Crippen molar-refractivity contribution in [2.45, 2.75) is 32.1 Å². The molecule has 0 atom stereocenters. The summed E-state index contributed by atoms with van der Waals surface area (Å²) in [4.78, 5) is 19.0. The van der Waals surface area contributed by atoms with E-state index in [1.54, 1.807) is 18.4 Å². The van der Waals surface area contributed by atoms with Gasteiger partial charge in [-0.25, -0.2) is 5.48 Å². The predicted molar refractivity (Wildman–Crippen MR) is 70.9 cm³/mol. The smallest absolute Gasteiger partial charge is 0.284 e. The van der Waals surface area contributed by atoms with E-state index in [-0.39, 0.29) is 5.91 Å². The maximum absolute atomic E-state index is 11.8. The van der Waals surface area contributed by atoms with E-state index in [1.165, 1.54) is 29.7 Å². The molecule has 0 bridgehead atoms. The number of methoxy groups -OCH3 is 1. The van der Waals surface area contributed by atoms with Gasteiger partial charge in [-0.05, 0) is 37.3 Å². The molecule has 4 nitrogen and oxygen atoms in total. The van der Waals surface area contributed by atoms with Crippen molar-refractivity contribution in [2.24, 2.45) is 0 Å². The Morgan fingerprint density at radius 2 is 2.17 bits per heavy atom. The quantitative estimate of drug-likeness (QED) is 0.507. The van der Waals surface area contributed by atoms with Gasteiger partial charge in [0.1, 0.15) is 0 Å². The minimum atomic E-state index is -0.149. The molecule has 1 aliphatic rings. The fourth-order valence-electron chi connectivity index (χ4n) is 2.07. The number of hydroxylamine groups is 1. The fourth-order valence-corrected chi connectivity index (χ4v) is 3.21. The third kappa shape index (κ3) is 3.54. The van der Waals surface area contributed by atoms with E-state index in [9.17, 15) is 4.79 Å². The van der Waals surface area contributed by atoms with Crippen molar-refractivity contribution < 1.29 is 14.4 Å². The fraction of sp³-hybridized carbons (Fsp3) is 0.615. The zero-order valence-corrected chi connectivity index (χ0v) is 11.5. The standard InChI is InChI=1S/C13H19NO3S/c1-16-7-8-17-14-13(15)12-9-10-5-3-2-4-6-11(10)18-12/h9H,2-8H2,1H3,(H,14,15). The molecule has 1 heterocycles. The highest BCUT2D eigenvalue weighted by Crippen LogP contribution is 2.28. The van der Waals surface area contributed by atoms with Crippen LogP contribution in [0.3, 0.4) is 0 Å². The molecule has 0 fully saturated rings. The first-order valence-corrected chi connectivity index (χ1v) is 7.15. The number of carbonyl (C=O) groups excluding carboxylic acids is 1. The second kappa shape index (κ2) is 6.87. The van der Waals surface area contributed by atoms with Crippen LogP contribution in [0.5, 0.6) is 0 Å². The zero-order valence-electron chi connectivity index (χ0n) is 10.7. The lowest BCUT2D eigenvalue weighted by atomic mass is 10.1. The number of aryl methyl sites for hydroxylation is 2. The Kier molecular flexibility index (Phi) is 5.16. The zero-order chi connectivity index (χ0) is 12.8. The number of hydrogen-bond donors (Lipinski definition) is 1. The molecule has 0 aromatic carbocycles. The van der Waals surface area contributed by atoms with Crippen LogP contribution in [0.4, 0.5) is 0 Å². The van der Waals surface area contributed by atoms with Gasteiger partial charge in [-0.15, -0.1) is 11.3 Å². The lowest BCUT2D eigenvalue weighted by Crippen LogP contribution is -2.24. The van der Waals surface area contributed by atoms with Crippen molar-refractivity contribution >= 4 is 17.2 Å². The van der Waals surface area contributed by atoms with Crippen LogP contribution in [0.25, 0.3) is 0 Å². The molecule has 0 saturated carbocycles. The van der Waals surface area contributed by atoms with Gasteiger partial charge < -0.3 is 4.74 Å². The van der Waals surface area contributed by atoms with Crippen LogP contribution in [0.15, 0.2) is 6.07 Å². The molecule has 2 rings (SSSR count). The number of hydrogen-bond acceptors (Lipinski definition) is 4. The maximum Gasteiger partial charge on any atom is 0.284 e. The van der Waals surface area contributed by atoms with Crippen LogP contribution in [0.2, 0.25) is 0 Å². The molecule has 0 radical (unpaired) electrons. The molecule has 1 N–H and O–H groups in total. The average molecular weight is 269 g/mol. The molecule has 18 heavy (non-hydrogen) atoms.